The number of carbonyl (C=O) groups is 2. The second-order valence-electron chi connectivity index (χ2n) is 21.4. The van der Waals surface area contributed by atoms with Crippen LogP contribution in [0.1, 0.15) is 341 Å². The molecule has 0 aliphatic carbocycles. The molecule has 0 aromatic heterocycles. The lowest BCUT2D eigenvalue weighted by molar-refractivity contribution is -0.143. The molecule has 0 saturated carbocycles. The first-order valence-electron chi connectivity index (χ1n) is 31.1. The molecule has 0 fully saturated rings. The summed E-state index contributed by atoms with van der Waals surface area (Å²) in [5.74, 6) is -0.0322. The monoisotopic (exact) mass is 972 g/mol. The molecule has 6 nitrogen and oxygen atoms in total. The van der Waals surface area contributed by atoms with Gasteiger partial charge in [0.15, 0.2) is 0 Å². The number of carbonyl (C=O) groups excluding carboxylic acids is 2. The molecular weight excluding hydrogens is 851 g/mol. The number of ether oxygens (including phenoxy) is 1. The van der Waals surface area contributed by atoms with E-state index in [9.17, 15) is 19.8 Å². The van der Waals surface area contributed by atoms with Gasteiger partial charge in [-0.15, -0.1) is 0 Å². The van der Waals surface area contributed by atoms with Crippen LogP contribution in [-0.4, -0.2) is 47.4 Å². The Hall–Kier alpha value is -1.66. The summed E-state index contributed by atoms with van der Waals surface area (Å²) in [6, 6.07) is -0.540. The fraction of sp³-hybridized carbons (Fsp3) is 0.905. The van der Waals surface area contributed by atoms with E-state index >= 15 is 0 Å². The van der Waals surface area contributed by atoms with Gasteiger partial charge in [0.1, 0.15) is 0 Å². The van der Waals surface area contributed by atoms with Crippen molar-refractivity contribution in [2.75, 3.05) is 13.2 Å². The van der Waals surface area contributed by atoms with Crippen molar-refractivity contribution in [3.8, 4) is 0 Å². The van der Waals surface area contributed by atoms with Crippen molar-refractivity contribution in [2.24, 2.45) is 0 Å². The van der Waals surface area contributed by atoms with Gasteiger partial charge >= 0.3 is 5.97 Å². The topological polar surface area (TPSA) is 95.9 Å². The van der Waals surface area contributed by atoms with Crippen LogP contribution in [0.5, 0.6) is 0 Å². The van der Waals surface area contributed by atoms with Crippen molar-refractivity contribution in [1.29, 1.82) is 0 Å². The number of amides is 1. The Bertz CT molecular complexity index is 1080. The molecule has 0 aromatic rings. The summed E-state index contributed by atoms with van der Waals surface area (Å²) in [6.07, 6.45) is 71.8. The Morgan fingerprint density at radius 1 is 0.406 bits per heavy atom. The lowest BCUT2D eigenvalue weighted by Gasteiger charge is -2.22. The van der Waals surface area contributed by atoms with E-state index in [4.69, 9.17) is 4.74 Å². The van der Waals surface area contributed by atoms with Crippen molar-refractivity contribution in [1.82, 2.24) is 5.32 Å². The summed E-state index contributed by atoms with van der Waals surface area (Å²) in [7, 11) is 0. The van der Waals surface area contributed by atoms with Crippen LogP contribution in [0.2, 0.25) is 0 Å². The van der Waals surface area contributed by atoms with Crippen molar-refractivity contribution in [2.45, 2.75) is 353 Å². The highest BCUT2D eigenvalue weighted by Gasteiger charge is 2.20. The van der Waals surface area contributed by atoms with E-state index in [0.29, 0.717) is 25.9 Å². The molecule has 2 atom stereocenters. The lowest BCUT2D eigenvalue weighted by Crippen LogP contribution is -2.45. The zero-order valence-corrected chi connectivity index (χ0v) is 46.6. The number of rotatable bonds is 58. The van der Waals surface area contributed by atoms with Gasteiger partial charge in [-0.3, -0.25) is 9.59 Å². The molecular formula is C63H121NO5. The molecule has 408 valence electrons. The summed E-state index contributed by atoms with van der Waals surface area (Å²) >= 11 is 0. The van der Waals surface area contributed by atoms with Gasteiger partial charge in [-0.2, -0.15) is 0 Å². The van der Waals surface area contributed by atoms with Gasteiger partial charge < -0.3 is 20.3 Å². The maximum atomic E-state index is 12.5. The number of aliphatic hydroxyl groups excluding tert-OH is 2. The number of unbranched alkanes of at least 4 members (excludes halogenated alkanes) is 43. The van der Waals surface area contributed by atoms with E-state index in [1.165, 1.54) is 257 Å². The van der Waals surface area contributed by atoms with Gasteiger partial charge in [-0.05, 0) is 57.8 Å². The fourth-order valence-corrected chi connectivity index (χ4v) is 9.73. The summed E-state index contributed by atoms with van der Waals surface area (Å²) in [5.41, 5.74) is 0. The number of hydrogen-bond donors (Lipinski definition) is 3. The minimum atomic E-state index is -0.663. The van der Waals surface area contributed by atoms with Crippen molar-refractivity contribution < 1.29 is 24.5 Å². The van der Waals surface area contributed by atoms with Gasteiger partial charge in [-0.25, -0.2) is 0 Å². The first-order valence-corrected chi connectivity index (χ1v) is 31.1. The van der Waals surface area contributed by atoms with Crippen LogP contribution in [-0.2, 0) is 14.3 Å². The Morgan fingerprint density at radius 3 is 1.13 bits per heavy atom. The van der Waals surface area contributed by atoms with Crippen molar-refractivity contribution in [3.63, 3.8) is 0 Å². The van der Waals surface area contributed by atoms with Crippen molar-refractivity contribution >= 4 is 11.9 Å². The normalized spacial score (nSPS) is 12.7. The minimum absolute atomic E-state index is 0.000748. The van der Waals surface area contributed by atoms with Crippen LogP contribution in [0.3, 0.4) is 0 Å². The Kier molecular flexibility index (Phi) is 57.5. The summed E-state index contributed by atoms with van der Waals surface area (Å²) in [6.45, 7) is 4.94. The molecule has 0 aliphatic heterocycles. The zero-order valence-electron chi connectivity index (χ0n) is 46.6. The van der Waals surface area contributed by atoms with E-state index in [1.54, 1.807) is 0 Å². The Balaban J connectivity index is 3.37. The van der Waals surface area contributed by atoms with Gasteiger partial charge in [0.05, 0.1) is 25.4 Å². The molecule has 0 saturated heterocycles. The third-order valence-electron chi connectivity index (χ3n) is 14.5. The number of nitrogens with one attached hydrogen (secondary N) is 1. The van der Waals surface area contributed by atoms with Crippen LogP contribution < -0.4 is 5.32 Å². The Labute approximate surface area is 431 Å². The predicted molar refractivity (Wildman–Crippen MR) is 301 cm³/mol. The standard InChI is InChI=1S/C63H121NO5/c1-3-5-7-9-11-13-15-17-28-33-37-41-45-49-53-57-63(68)69-58-54-50-46-42-38-34-30-27-25-23-21-19-20-22-24-26-29-32-36-40-44-48-52-56-62(67)64-60(59-65)61(66)55-51-47-43-39-35-31-18-16-14-12-10-8-6-4-2/h11,13,17,28,60-61,65-66H,3-10,12,14-16,18-27,29-59H2,1-2H3,(H,64,67)/b13-11-,28-17-. The molecule has 0 spiro atoms. The first-order chi connectivity index (χ1) is 34.0. The smallest absolute Gasteiger partial charge is 0.305 e. The maximum Gasteiger partial charge on any atom is 0.305 e. The Morgan fingerprint density at radius 2 is 0.725 bits per heavy atom. The molecule has 0 bridgehead atoms. The van der Waals surface area contributed by atoms with Crippen LogP contribution in [0.25, 0.3) is 0 Å². The molecule has 2 unspecified atom stereocenters. The molecule has 0 aliphatic rings. The maximum absolute atomic E-state index is 12.5. The van der Waals surface area contributed by atoms with E-state index in [1.807, 2.05) is 0 Å². The van der Waals surface area contributed by atoms with Gasteiger partial charge in [0, 0.05) is 12.8 Å². The fourth-order valence-electron chi connectivity index (χ4n) is 9.73. The number of aliphatic hydroxyl groups is 2. The molecule has 0 radical (unpaired) electrons. The molecule has 0 aromatic carbocycles. The van der Waals surface area contributed by atoms with E-state index < -0.39 is 12.1 Å². The molecule has 6 heteroatoms. The van der Waals surface area contributed by atoms with E-state index in [-0.39, 0.29) is 18.5 Å². The third-order valence-corrected chi connectivity index (χ3v) is 14.5. The van der Waals surface area contributed by atoms with Crippen LogP contribution >= 0.6 is 0 Å². The first kappa shape index (κ1) is 67.3. The van der Waals surface area contributed by atoms with E-state index in [0.717, 1.165) is 51.4 Å². The average Bonchev–Trinajstić information content (AvgIpc) is 3.35. The molecule has 0 heterocycles. The highest BCUT2D eigenvalue weighted by molar-refractivity contribution is 5.76. The molecule has 1 amide bonds. The summed E-state index contributed by atoms with van der Waals surface area (Å²) in [5, 5.41) is 23.3. The quantitative estimate of drug-likeness (QED) is 0.0321. The number of esters is 1. The molecule has 3 N–H and O–H groups in total. The second-order valence-corrected chi connectivity index (χ2v) is 21.4. The van der Waals surface area contributed by atoms with Crippen molar-refractivity contribution in [3.05, 3.63) is 24.3 Å². The van der Waals surface area contributed by atoms with Gasteiger partial charge in [0.2, 0.25) is 5.91 Å². The predicted octanol–water partition coefficient (Wildman–Crippen LogP) is 19.4. The zero-order chi connectivity index (χ0) is 50.0. The summed E-state index contributed by atoms with van der Waals surface area (Å²) < 4.78 is 5.48. The van der Waals surface area contributed by atoms with Gasteiger partial charge in [0.25, 0.3) is 0 Å². The second kappa shape index (κ2) is 58.9. The minimum Gasteiger partial charge on any atom is -0.466 e. The van der Waals surface area contributed by atoms with E-state index in [2.05, 4.69) is 43.5 Å². The average molecular weight is 973 g/mol. The molecule has 69 heavy (non-hydrogen) atoms. The summed E-state index contributed by atoms with van der Waals surface area (Å²) in [4.78, 5) is 24.5. The lowest BCUT2D eigenvalue weighted by atomic mass is 10.0. The largest absolute Gasteiger partial charge is 0.466 e. The van der Waals surface area contributed by atoms with Crippen LogP contribution in [0.4, 0.5) is 0 Å². The number of allylic oxidation sites excluding steroid dienone is 4. The third kappa shape index (κ3) is 55.5. The van der Waals surface area contributed by atoms with Crippen LogP contribution in [0, 0.1) is 0 Å². The van der Waals surface area contributed by atoms with Gasteiger partial charge in [-0.1, -0.05) is 295 Å². The number of hydrogen-bond acceptors (Lipinski definition) is 5. The molecule has 0 rings (SSSR count). The van der Waals surface area contributed by atoms with Crippen LogP contribution in [0.15, 0.2) is 24.3 Å². The highest BCUT2D eigenvalue weighted by Crippen LogP contribution is 2.18. The highest BCUT2D eigenvalue weighted by atomic mass is 16.5. The SMILES string of the molecule is CCCCC/C=C\C/C=C\CCCCCCCC(=O)OCCCCCCCCCCCCCCCCCCCCCCCCCC(=O)NC(CO)C(O)CCCCCCCCCCCCCCCC.